The summed E-state index contributed by atoms with van der Waals surface area (Å²) in [6, 6.07) is 7.48. The second-order valence-electron chi connectivity index (χ2n) is 5.20. The van der Waals surface area contributed by atoms with Crippen LogP contribution in [0, 0.1) is 0 Å². The SMILES string of the molecule is CCCCC(=O)Nc1nnc(SCc2ccc(CC(=O)O)cc2)s1. The number of rotatable bonds is 9. The number of aromatic nitrogens is 2. The highest BCUT2D eigenvalue weighted by Crippen LogP contribution is 2.28. The van der Waals surface area contributed by atoms with Gasteiger partial charge in [0.2, 0.25) is 11.0 Å². The molecule has 2 N–H and O–H groups in total. The van der Waals surface area contributed by atoms with Gasteiger partial charge in [0, 0.05) is 12.2 Å². The van der Waals surface area contributed by atoms with Crippen molar-refractivity contribution in [3.8, 4) is 0 Å². The number of anilines is 1. The molecule has 6 nitrogen and oxygen atoms in total. The Hall–Kier alpha value is -1.93. The van der Waals surface area contributed by atoms with Crippen molar-refractivity contribution in [1.29, 1.82) is 0 Å². The van der Waals surface area contributed by atoms with Gasteiger partial charge in [0.15, 0.2) is 4.34 Å². The lowest BCUT2D eigenvalue weighted by atomic mass is 10.1. The Morgan fingerprint density at radius 1 is 1.21 bits per heavy atom. The molecule has 1 amide bonds. The molecule has 128 valence electrons. The normalized spacial score (nSPS) is 10.5. The van der Waals surface area contributed by atoms with Crippen LogP contribution >= 0.6 is 23.1 Å². The largest absolute Gasteiger partial charge is 0.481 e. The molecule has 0 aliphatic carbocycles. The van der Waals surface area contributed by atoms with Gasteiger partial charge in [0.25, 0.3) is 0 Å². The minimum atomic E-state index is -0.834. The molecular formula is C16H19N3O3S2. The topological polar surface area (TPSA) is 92.2 Å². The van der Waals surface area contributed by atoms with E-state index < -0.39 is 5.97 Å². The lowest BCUT2D eigenvalue weighted by Gasteiger charge is -2.01. The number of benzene rings is 1. The fourth-order valence-corrected chi connectivity index (χ4v) is 3.63. The zero-order valence-electron chi connectivity index (χ0n) is 13.3. The van der Waals surface area contributed by atoms with Gasteiger partial charge in [-0.1, -0.05) is 60.7 Å². The Morgan fingerprint density at radius 3 is 2.58 bits per heavy atom. The summed E-state index contributed by atoms with van der Waals surface area (Å²) < 4.78 is 0.787. The van der Waals surface area contributed by atoms with E-state index in [1.54, 1.807) is 0 Å². The van der Waals surface area contributed by atoms with E-state index in [1.807, 2.05) is 31.2 Å². The van der Waals surface area contributed by atoms with Gasteiger partial charge in [-0.2, -0.15) is 0 Å². The molecule has 2 rings (SSSR count). The average molecular weight is 365 g/mol. The van der Waals surface area contributed by atoms with Gasteiger partial charge in [-0.25, -0.2) is 0 Å². The molecule has 24 heavy (non-hydrogen) atoms. The van der Waals surface area contributed by atoms with Gasteiger partial charge in [-0.3, -0.25) is 9.59 Å². The molecule has 2 aromatic rings. The quantitative estimate of drug-likeness (QED) is 0.521. The van der Waals surface area contributed by atoms with E-state index in [2.05, 4.69) is 15.5 Å². The number of aliphatic carboxylic acids is 1. The summed E-state index contributed by atoms with van der Waals surface area (Å²) in [5, 5.41) is 20.1. The van der Waals surface area contributed by atoms with E-state index >= 15 is 0 Å². The summed E-state index contributed by atoms with van der Waals surface area (Å²) >= 11 is 2.89. The van der Waals surface area contributed by atoms with Crippen molar-refractivity contribution < 1.29 is 14.7 Å². The van der Waals surface area contributed by atoms with Crippen molar-refractivity contribution >= 4 is 40.1 Å². The Labute approximate surface area is 148 Å². The number of hydrogen-bond donors (Lipinski definition) is 2. The average Bonchev–Trinajstić information content (AvgIpc) is 2.99. The number of carboxylic acids is 1. The summed E-state index contributed by atoms with van der Waals surface area (Å²) in [6.45, 7) is 2.04. The third-order valence-electron chi connectivity index (χ3n) is 3.15. The van der Waals surface area contributed by atoms with E-state index in [4.69, 9.17) is 5.11 Å². The van der Waals surface area contributed by atoms with Gasteiger partial charge in [-0.05, 0) is 17.5 Å². The van der Waals surface area contributed by atoms with Gasteiger partial charge in [0.1, 0.15) is 0 Å². The zero-order valence-corrected chi connectivity index (χ0v) is 15.0. The van der Waals surface area contributed by atoms with Gasteiger partial charge < -0.3 is 10.4 Å². The smallest absolute Gasteiger partial charge is 0.307 e. The van der Waals surface area contributed by atoms with Crippen molar-refractivity contribution in [2.45, 2.75) is 42.7 Å². The van der Waals surface area contributed by atoms with E-state index in [1.165, 1.54) is 23.1 Å². The fourth-order valence-electron chi connectivity index (χ4n) is 1.91. The lowest BCUT2D eigenvalue weighted by molar-refractivity contribution is -0.136. The molecule has 1 aromatic heterocycles. The van der Waals surface area contributed by atoms with Crippen molar-refractivity contribution in [3.05, 3.63) is 35.4 Å². The van der Waals surface area contributed by atoms with Gasteiger partial charge in [-0.15, -0.1) is 10.2 Å². The summed E-state index contributed by atoms with van der Waals surface area (Å²) in [6.07, 6.45) is 2.38. The second-order valence-corrected chi connectivity index (χ2v) is 7.40. The Kier molecular flexibility index (Phi) is 7.20. The molecule has 0 atom stereocenters. The number of unbranched alkanes of at least 4 members (excludes halogenated alkanes) is 1. The lowest BCUT2D eigenvalue weighted by Crippen LogP contribution is -2.10. The molecule has 1 aromatic carbocycles. The van der Waals surface area contributed by atoms with Crippen LogP contribution in [0.15, 0.2) is 28.6 Å². The standard InChI is InChI=1S/C16H19N3O3S2/c1-2-3-4-13(20)17-15-18-19-16(24-15)23-10-12-7-5-11(6-8-12)9-14(21)22/h5-8H,2-4,9-10H2,1H3,(H,21,22)(H,17,18,20). The molecule has 0 fully saturated rings. The number of carbonyl (C=O) groups excluding carboxylic acids is 1. The van der Waals surface area contributed by atoms with Crippen LogP contribution in [0.1, 0.15) is 37.3 Å². The molecule has 0 radical (unpaired) electrons. The highest BCUT2D eigenvalue weighted by molar-refractivity contribution is 8.00. The van der Waals surface area contributed by atoms with Crippen molar-refractivity contribution in [2.24, 2.45) is 0 Å². The van der Waals surface area contributed by atoms with Crippen LogP contribution in [-0.2, 0) is 21.8 Å². The van der Waals surface area contributed by atoms with Crippen LogP contribution in [0.5, 0.6) is 0 Å². The predicted molar refractivity (Wildman–Crippen MR) is 95.4 cm³/mol. The molecule has 0 spiro atoms. The van der Waals surface area contributed by atoms with Crippen molar-refractivity contribution in [3.63, 3.8) is 0 Å². The monoisotopic (exact) mass is 365 g/mol. The van der Waals surface area contributed by atoms with Crippen LogP contribution in [0.25, 0.3) is 0 Å². The van der Waals surface area contributed by atoms with E-state index in [-0.39, 0.29) is 12.3 Å². The minimum Gasteiger partial charge on any atom is -0.481 e. The Balaban J connectivity index is 1.82. The number of carboxylic acid groups (broad SMARTS) is 1. The van der Waals surface area contributed by atoms with Crippen molar-refractivity contribution in [1.82, 2.24) is 10.2 Å². The molecule has 1 heterocycles. The van der Waals surface area contributed by atoms with Gasteiger partial charge >= 0.3 is 5.97 Å². The number of nitrogens with zero attached hydrogens (tertiary/aromatic N) is 2. The maximum absolute atomic E-state index is 11.6. The van der Waals surface area contributed by atoms with Gasteiger partial charge in [0.05, 0.1) is 6.42 Å². The Morgan fingerprint density at radius 2 is 1.92 bits per heavy atom. The molecule has 8 heteroatoms. The second kappa shape index (κ2) is 9.39. The van der Waals surface area contributed by atoms with Crippen LogP contribution in [0.4, 0.5) is 5.13 Å². The first-order chi connectivity index (χ1) is 11.6. The number of thioether (sulfide) groups is 1. The molecule has 0 aliphatic rings. The third kappa shape index (κ3) is 6.29. The van der Waals surface area contributed by atoms with Crippen LogP contribution in [-0.4, -0.2) is 27.2 Å². The predicted octanol–water partition coefficient (Wildman–Crippen LogP) is 3.59. The van der Waals surface area contributed by atoms with Crippen molar-refractivity contribution in [2.75, 3.05) is 5.32 Å². The summed E-state index contributed by atoms with van der Waals surface area (Å²) in [5.41, 5.74) is 1.86. The molecule has 0 saturated carbocycles. The zero-order chi connectivity index (χ0) is 17.4. The minimum absolute atomic E-state index is 0.0291. The molecule has 0 unspecified atom stereocenters. The number of carbonyl (C=O) groups is 2. The Bertz CT molecular complexity index is 686. The maximum atomic E-state index is 11.6. The van der Waals surface area contributed by atoms with E-state index in [9.17, 15) is 9.59 Å². The van der Waals surface area contributed by atoms with Crippen LogP contribution < -0.4 is 5.32 Å². The highest BCUT2D eigenvalue weighted by atomic mass is 32.2. The maximum Gasteiger partial charge on any atom is 0.307 e. The first-order valence-electron chi connectivity index (χ1n) is 7.62. The van der Waals surface area contributed by atoms with Crippen LogP contribution in [0.2, 0.25) is 0 Å². The number of nitrogens with one attached hydrogen (secondary N) is 1. The van der Waals surface area contributed by atoms with E-state index in [0.29, 0.717) is 17.3 Å². The summed E-state index contributed by atoms with van der Waals surface area (Å²) in [7, 11) is 0. The van der Waals surface area contributed by atoms with E-state index in [0.717, 1.165) is 28.3 Å². The molecular weight excluding hydrogens is 346 g/mol. The van der Waals surface area contributed by atoms with Crippen LogP contribution in [0.3, 0.4) is 0 Å². The molecule has 0 aliphatic heterocycles. The summed E-state index contributed by atoms with van der Waals surface area (Å²) in [5.74, 6) is -0.149. The highest BCUT2D eigenvalue weighted by Gasteiger charge is 2.08. The first kappa shape index (κ1) is 18.4. The fraction of sp³-hybridized carbons (Fsp3) is 0.375. The molecule has 0 bridgehead atoms. The number of amides is 1. The third-order valence-corrected chi connectivity index (χ3v) is 5.19. The molecule has 0 saturated heterocycles. The first-order valence-corrected chi connectivity index (χ1v) is 9.42. The summed E-state index contributed by atoms with van der Waals surface area (Å²) in [4.78, 5) is 22.3. The number of hydrogen-bond acceptors (Lipinski definition) is 6.